The molecule has 4 N–H and O–H groups in total. The Morgan fingerprint density at radius 1 is 1.10 bits per heavy atom. The van der Waals surface area contributed by atoms with Crippen molar-refractivity contribution in [3.8, 4) is 5.75 Å². The van der Waals surface area contributed by atoms with E-state index < -0.39 is 0 Å². The van der Waals surface area contributed by atoms with Crippen LogP contribution in [0, 0.1) is 17.8 Å². The SMILES string of the molecule is COc1cc2c(cc1Nc1ncc(Cl)c(N[C@H]3[C@@H](C(N)=O)[C@@H]4C=C[C@H]3C4)n1)CCN(CC(=O)N1CCCC1)CC2. The topological polar surface area (TPSA) is 126 Å². The summed E-state index contributed by atoms with van der Waals surface area (Å²) >= 11 is 6.46. The van der Waals surface area contributed by atoms with Gasteiger partial charge in [-0.05, 0) is 67.2 Å². The predicted molar refractivity (Wildman–Crippen MR) is 154 cm³/mol. The van der Waals surface area contributed by atoms with Gasteiger partial charge in [0.05, 0.1) is 31.5 Å². The van der Waals surface area contributed by atoms with E-state index in [2.05, 4.69) is 49.8 Å². The monoisotopic (exact) mass is 565 g/mol. The molecule has 1 saturated carbocycles. The molecule has 2 amide bonds. The Labute approximate surface area is 239 Å². The van der Waals surface area contributed by atoms with Crippen molar-refractivity contribution in [1.29, 1.82) is 0 Å². The number of hydrogen-bond acceptors (Lipinski definition) is 8. The first-order valence-electron chi connectivity index (χ1n) is 14.1. The van der Waals surface area contributed by atoms with Gasteiger partial charge in [-0.15, -0.1) is 0 Å². The molecule has 1 saturated heterocycles. The second-order valence-corrected chi connectivity index (χ2v) is 11.7. The number of fused-ring (bicyclic) bond motifs is 3. The Morgan fingerprint density at radius 3 is 2.55 bits per heavy atom. The minimum absolute atomic E-state index is 0.149. The zero-order chi connectivity index (χ0) is 27.8. The van der Waals surface area contributed by atoms with E-state index in [4.69, 9.17) is 22.1 Å². The Hall–Kier alpha value is -3.37. The van der Waals surface area contributed by atoms with Gasteiger partial charge in [-0.3, -0.25) is 14.5 Å². The van der Waals surface area contributed by atoms with Crippen LogP contribution in [0.25, 0.3) is 0 Å². The highest BCUT2D eigenvalue weighted by molar-refractivity contribution is 6.32. The number of ether oxygens (including phenoxy) is 1. The van der Waals surface area contributed by atoms with Crippen LogP contribution in [0.5, 0.6) is 5.75 Å². The molecule has 6 rings (SSSR count). The lowest BCUT2D eigenvalue weighted by Gasteiger charge is -2.27. The summed E-state index contributed by atoms with van der Waals surface area (Å²) in [5, 5.41) is 7.06. The minimum atomic E-state index is -0.313. The molecule has 0 unspecified atom stereocenters. The molecule has 2 fully saturated rings. The van der Waals surface area contributed by atoms with Gasteiger partial charge in [-0.25, -0.2) is 4.98 Å². The molecule has 11 heteroatoms. The van der Waals surface area contributed by atoms with Crippen LogP contribution in [-0.2, 0) is 22.4 Å². The van der Waals surface area contributed by atoms with Crippen molar-refractivity contribution in [2.75, 3.05) is 50.5 Å². The number of primary amides is 1. The number of nitrogens with two attached hydrogens (primary N) is 1. The van der Waals surface area contributed by atoms with Crippen molar-refractivity contribution >= 4 is 40.9 Å². The van der Waals surface area contributed by atoms with Crippen LogP contribution >= 0.6 is 11.6 Å². The second kappa shape index (κ2) is 11.2. The maximum absolute atomic E-state index is 12.7. The van der Waals surface area contributed by atoms with Crippen molar-refractivity contribution in [1.82, 2.24) is 19.8 Å². The fourth-order valence-electron chi connectivity index (χ4n) is 6.70. The molecule has 40 heavy (non-hydrogen) atoms. The van der Waals surface area contributed by atoms with Crippen molar-refractivity contribution < 1.29 is 14.3 Å². The van der Waals surface area contributed by atoms with Crippen LogP contribution in [0.1, 0.15) is 30.4 Å². The number of carbonyl (C=O) groups excluding carboxylic acids is 2. The van der Waals surface area contributed by atoms with E-state index in [0.717, 1.165) is 64.0 Å². The molecule has 0 radical (unpaired) electrons. The highest BCUT2D eigenvalue weighted by atomic mass is 35.5. The molecule has 3 heterocycles. The zero-order valence-corrected chi connectivity index (χ0v) is 23.5. The van der Waals surface area contributed by atoms with Crippen LogP contribution in [0.2, 0.25) is 5.02 Å². The van der Waals surface area contributed by atoms with Crippen LogP contribution in [0.4, 0.5) is 17.5 Å². The Bertz CT molecular complexity index is 1330. The van der Waals surface area contributed by atoms with Gasteiger partial charge in [0.15, 0.2) is 5.82 Å². The third kappa shape index (κ3) is 5.34. The van der Waals surface area contributed by atoms with E-state index in [1.54, 1.807) is 13.3 Å². The highest BCUT2D eigenvalue weighted by Crippen LogP contribution is 2.45. The molecule has 212 valence electrons. The van der Waals surface area contributed by atoms with Crippen LogP contribution in [0.3, 0.4) is 0 Å². The number of rotatable bonds is 8. The largest absolute Gasteiger partial charge is 0.495 e. The van der Waals surface area contributed by atoms with E-state index in [1.165, 1.54) is 11.1 Å². The molecule has 4 aliphatic rings. The predicted octanol–water partition coefficient (Wildman–Crippen LogP) is 2.99. The standard InChI is InChI=1S/C29H36ClN7O3/c1-40-23-14-18-7-11-36(16-24(38)37-8-2-3-9-37)10-6-17(18)13-22(23)33-29-32-15-21(30)28(35-29)34-26-20-5-4-19(12-20)25(26)27(31)39/h4-5,13-15,19-20,25-26H,2-3,6-12,16H2,1H3,(H2,31,39)(H2,32,33,34,35)/t19-,20+,25+,26-/m1/s1. The fourth-order valence-corrected chi connectivity index (χ4v) is 6.84. The number of hydrogen-bond donors (Lipinski definition) is 3. The fraction of sp³-hybridized carbons (Fsp3) is 0.517. The number of nitrogens with one attached hydrogen (secondary N) is 2. The minimum Gasteiger partial charge on any atom is -0.495 e. The van der Waals surface area contributed by atoms with E-state index in [1.807, 2.05) is 4.90 Å². The van der Waals surface area contributed by atoms with Crippen molar-refractivity contribution in [3.05, 3.63) is 46.6 Å². The lowest BCUT2D eigenvalue weighted by Crippen LogP contribution is -2.41. The highest BCUT2D eigenvalue weighted by Gasteiger charge is 2.47. The Kier molecular flexibility index (Phi) is 7.55. The normalized spacial score (nSPS) is 25.5. The number of nitrogens with zero attached hydrogens (tertiary/aromatic N) is 4. The summed E-state index contributed by atoms with van der Waals surface area (Å²) in [7, 11) is 1.65. The Balaban J connectivity index is 1.17. The average molecular weight is 566 g/mol. The molecule has 2 aromatic rings. The average Bonchev–Trinajstić information content (AvgIpc) is 3.69. The first-order valence-corrected chi connectivity index (χ1v) is 14.5. The first-order chi connectivity index (χ1) is 19.4. The molecule has 1 aromatic carbocycles. The maximum Gasteiger partial charge on any atom is 0.236 e. The molecule has 2 aliphatic carbocycles. The maximum atomic E-state index is 12.7. The molecule has 2 bridgehead atoms. The summed E-state index contributed by atoms with van der Waals surface area (Å²) in [6.07, 6.45) is 10.6. The number of likely N-dealkylation sites (tertiary alicyclic amines) is 1. The van der Waals surface area contributed by atoms with Gasteiger partial charge in [0.25, 0.3) is 0 Å². The number of benzene rings is 1. The van der Waals surface area contributed by atoms with Gasteiger partial charge in [0.2, 0.25) is 17.8 Å². The third-order valence-electron chi connectivity index (χ3n) is 8.82. The summed E-state index contributed by atoms with van der Waals surface area (Å²) in [5.74, 6) is 1.50. The summed E-state index contributed by atoms with van der Waals surface area (Å²) in [6, 6.07) is 4.00. The number of carbonyl (C=O) groups is 2. The lowest BCUT2D eigenvalue weighted by atomic mass is 9.88. The summed E-state index contributed by atoms with van der Waals surface area (Å²) in [5.41, 5.74) is 8.92. The number of aromatic nitrogens is 2. The van der Waals surface area contributed by atoms with Crippen molar-refractivity contribution in [3.63, 3.8) is 0 Å². The number of anilines is 3. The summed E-state index contributed by atoms with van der Waals surface area (Å²) in [6.45, 7) is 3.90. The van der Waals surface area contributed by atoms with Crippen LogP contribution in [0.15, 0.2) is 30.5 Å². The van der Waals surface area contributed by atoms with Gasteiger partial charge in [-0.1, -0.05) is 23.8 Å². The quantitative estimate of drug-likeness (QED) is 0.417. The first kappa shape index (κ1) is 26.8. The van der Waals surface area contributed by atoms with Crippen molar-refractivity contribution in [2.45, 2.75) is 38.1 Å². The Morgan fingerprint density at radius 2 is 1.82 bits per heavy atom. The molecule has 1 aromatic heterocycles. The summed E-state index contributed by atoms with van der Waals surface area (Å²) < 4.78 is 5.73. The number of halogens is 1. The van der Waals surface area contributed by atoms with Gasteiger partial charge in [0, 0.05) is 32.2 Å². The van der Waals surface area contributed by atoms with E-state index >= 15 is 0 Å². The molecule has 10 nitrogen and oxygen atoms in total. The van der Waals surface area contributed by atoms with Gasteiger partial charge in [0.1, 0.15) is 10.8 Å². The number of methoxy groups -OCH3 is 1. The van der Waals surface area contributed by atoms with Crippen LogP contribution < -0.4 is 21.1 Å². The van der Waals surface area contributed by atoms with Gasteiger partial charge >= 0.3 is 0 Å². The molecule has 2 aliphatic heterocycles. The van der Waals surface area contributed by atoms with Gasteiger partial charge in [-0.2, -0.15) is 4.98 Å². The smallest absolute Gasteiger partial charge is 0.236 e. The number of amides is 2. The molecular weight excluding hydrogens is 530 g/mol. The van der Waals surface area contributed by atoms with E-state index in [0.29, 0.717) is 29.1 Å². The third-order valence-corrected chi connectivity index (χ3v) is 9.09. The lowest BCUT2D eigenvalue weighted by molar-refractivity contribution is -0.131. The van der Waals surface area contributed by atoms with Gasteiger partial charge < -0.3 is 26.0 Å². The molecular formula is C29H36ClN7O3. The zero-order valence-electron chi connectivity index (χ0n) is 22.7. The molecule has 0 spiro atoms. The second-order valence-electron chi connectivity index (χ2n) is 11.2. The van der Waals surface area contributed by atoms with Crippen molar-refractivity contribution in [2.24, 2.45) is 23.5 Å². The summed E-state index contributed by atoms with van der Waals surface area (Å²) in [4.78, 5) is 38.2. The van der Waals surface area contributed by atoms with Crippen LogP contribution in [-0.4, -0.2) is 77.5 Å². The number of allylic oxidation sites excluding steroid dienone is 1. The molecule has 4 atom stereocenters. The van der Waals surface area contributed by atoms with E-state index in [9.17, 15) is 9.59 Å². The van der Waals surface area contributed by atoms with E-state index in [-0.39, 0.29) is 35.6 Å².